The van der Waals surface area contributed by atoms with Gasteiger partial charge in [0.2, 0.25) is 0 Å². The first-order valence-electron chi connectivity index (χ1n) is 2.88. The van der Waals surface area contributed by atoms with Crippen molar-refractivity contribution >= 4 is 23.3 Å². The normalized spacial score (nSPS) is 13.3. The van der Waals surface area contributed by atoms with Gasteiger partial charge in [-0.25, -0.2) is 4.99 Å². The van der Waals surface area contributed by atoms with Crippen molar-refractivity contribution in [3.63, 3.8) is 0 Å². The van der Waals surface area contributed by atoms with Gasteiger partial charge >= 0.3 is 0 Å². The molecular weight excluding hydrogens is 148 g/mol. The van der Waals surface area contributed by atoms with Gasteiger partial charge in [-0.3, -0.25) is 0 Å². The lowest BCUT2D eigenvalue weighted by Gasteiger charge is -2.00. The van der Waals surface area contributed by atoms with Gasteiger partial charge in [0.25, 0.3) is 0 Å². The lowest BCUT2D eigenvalue weighted by Crippen LogP contribution is -2.09. The van der Waals surface area contributed by atoms with E-state index in [4.69, 9.17) is 11.6 Å². The van der Waals surface area contributed by atoms with E-state index in [-0.39, 0.29) is 0 Å². The summed E-state index contributed by atoms with van der Waals surface area (Å²) in [7, 11) is 0. The fourth-order valence-electron chi connectivity index (χ4n) is 0.362. The Balaban J connectivity index is 3.71. The lowest BCUT2D eigenvalue weighted by atomic mass is 10.6. The van der Waals surface area contributed by atoms with Crippen molar-refractivity contribution in [1.29, 1.82) is 0 Å². The van der Waals surface area contributed by atoms with Crippen LogP contribution < -0.4 is 11.6 Å². The monoisotopic (exact) mass is 160 g/mol. The zero-order chi connectivity index (χ0) is 7.98. The molecular formula is C5H12N4S. The molecule has 0 aliphatic rings. The van der Waals surface area contributed by atoms with Crippen LogP contribution in [0, 0.1) is 0 Å². The number of hydrogen-bond donors (Lipinski definition) is 2. The highest BCUT2D eigenvalue weighted by Gasteiger charge is 1.95. The molecule has 0 aromatic heterocycles. The van der Waals surface area contributed by atoms with E-state index >= 15 is 0 Å². The maximum absolute atomic E-state index is 5.43. The van der Waals surface area contributed by atoms with Crippen LogP contribution in [-0.4, -0.2) is 16.8 Å². The van der Waals surface area contributed by atoms with Gasteiger partial charge in [0.05, 0.1) is 0 Å². The zero-order valence-corrected chi connectivity index (χ0v) is 6.93. The predicted octanol–water partition coefficient (Wildman–Crippen LogP) is 0.345. The van der Waals surface area contributed by atoms with Crippen LogP contribution >= 0.6 is 11.8 Å². The molecule has 0 unspecified atom stereocenters. The lowest BCUT2D eigenvalue weighted by molar-refractivity contribution is 1.12. The van der Waals surface area contributed by atoms with Crippen molar-refractivity contribution in [2.75, 3.05) is 0 Å². The van der Waals surface area contributed by atoms with Crippen molar-refractivity contribution in [1.82, 2.24) is 0 Å². The zero-order valence-electron chi connectivity index (χ0n) is 6.11. The Bertz CT molecular complexity index is 141. The van der Waals surface area contributed by atoms with E-state index in [2.05, 4.69) is 10.1 Å². The molecule has 0 aromatic rings. The number of hydrazone groups is 1. The van der Waals surface area contributed by atoms with E-state index in [0.717, 1.165) is 0 Å². The third kappa shape index (κ3) is 5.43. The fourth-order valence-corrected chi connectivity index (χ4v) is 0.953. The van der Waals surface area contributed by atoms with Crippen LogP contribution in [0.25, 0.3) is 0 Å². The average molecular weight is 160 g/mol. The van der Waals surface area contributed by atoms with E-state index < -0.39 is 0 Å². The predicted molar refractivity (Wildman–Crippen MR) is 47.0 cm³/mol. The molecule has 0 heterocycles. The summed E-state index contributed by atoms with van der Waals surface area (Å²) in [6.07, 6.45) is 1.23. The molecule has 58 valence electrons. The second-order valence-electron chi connectivity index (χ2n) is 1.90. The second kappa shape index (κ2) is 5.10. The fraction of sp³-hybridized carbons (Fsp3) is 0.600. The van der Waals surface area contributed by atoms with Crippen LogP contribution in [0.2, 0.25) is 0 Å². The summed E-state index contributed by atoms with van der Waals surface area (Å²) in [6, 6.07) is 0. The summed E-state index contributed by atoms with van der Waals surface area (Å²) >= 11 is 1.48. The molecule has 0 aliphatic carbocycles. The Hall–Kier alpha value is -0.710. The molecule has 0 rings (SSSR count). The molecule has 0 spiro atoms. The van der Waals surface area contributed by atoms with Crippen molar-refractivity contribution in [3.8, 4) is 0 Å². The van der Waals surface area contributed by atoms with Gasteiger partial charge in [0.15, 0.2) is 5.17 Å². The first kappa shape index (κ1) is 9.29. The number of thioether (sulfide) groups is 1. The number of rotatable bonds is 2. The van der Waals surface area contributed by atoms with Crippen molar-refractivity contribution in [2.45, 2.75) is 19.1 Å². The minimum atomic E-state index is 0.440. The standard InChI is InChI=1S/C5H12N4S/c1-4(2)10-5(6)8-3-9-7/h3-4H,7H2,1-2H3,(H2,6,8,9). The van der Waals surface area contributed by atoms with Crippen LogP contribution in [0.1, 0.15) is 13.8 Å². The molecule has 0 aromatic carbocycles. The van der Waals surface area contributed by atoms with E-state index in [9.17, 15) is 0 Å². The summed E-state index contributed by atoms with van der Waals surface area (Å²) < 4.78 is 0. The highest BCUT2D eigenvalue weighted by Crippen LogP contribution is 2.07. The molecule has 5 heteroatoms. The molecule has 0 saturated heterocycles. The van der Waals surface area contributed by atoms with Gasteiger partial charge in [-0.1, -0.05) is 25.6 Å². The molecule has 0 saturated carbocycles. The van der Waals surface area contributed by atoms with Gasteiger partial charge in [-0.15, -0.1) is 0 Å². The Morgan fingerprint density at radius 3 is 2.60 bits per heavy atom. The smallest absolute Gasteiger partial charge is 0.160 e. The van der Waals surface area contributed by atoms with E-state index in [1.54, 1.807) is 0 Å². The van der Waals surface area contributed by atoms with Gasteiger partial charge < -0.3 is 11.6 Å². The molecule has 0 aliphatic heterocycles. The SMILES string of the molecule is CC(C)SC(N)=N/C=N/N. The largest absolute Gasteiger partial charge is 0.378 e. The van der Waals surface area contributed by atoms with E-state index in [1.807, 2.05) is 13.8 Å². The number of nitrogens with two attached hydrogens (primary N) is 2. The van der Waals surface area contributed by atoms with Crippen LogP contribution in [0.5, 0.6) is 0 Å². The highest BCUT2D eigenvalue weighted by molar-refractivity contribution is 8.14. The van der Waals surface area contributed by atoms with E-state index in [0.29, 0.717) is 10.4 Å². The van der Waals surface area contributed by atoms with Crippen LogP contribution in [0.15, 0.2) is 10.1 Å². The molecule has 4 N–H and O–H groups in total. The Kier molecular flexibility index (Phi) is 4.74. The molecule has 4 nitrogen and oxygen atoms in total. The highest BCUT2D eigenvalue weighted by atomic mass is 32.2. The van der Waals surface area contributed by atoms with Gasteiger partial charge in [-0.05, 0) is 0 Å². The molecule has 0 radical (unpaired) electrons. The van der Waals surface area contributed by atoms with E-state index in [1.165, 1.54) is 18.1 Å². The average Bonchev–Trinajstić information content (AvgIpc) is 1.82. The van der Waals surface area contributed by atoms with Crippen LogP contribution in [-0.2, 0) is 0 Å². The summed E-state index contributed by atoms with van der Waals surface area (Å²) in [6.45, 7) is 4.07. The summed E-state index contributed by atoms with van der Waals surface area (Å²) in [5, 5.41) is 4.11. The summed E-state index contributed by atoms with van der Waals surface area (Å²) in [5.74, 6) is 4.81. The number of aliphatic imine (C=N–C) groups is 1. The maximum atomic E-state index is 5.43. The van der Waals surface area contributed by atoms with Gasteiger partial charge in [0.1, 0.15) is 6.34 Å². The molecule has 0 amide bonds. The minimum Gasteiger partial charge on any atom is -0.378 e. The Labute approximate surface area is 64.8 Å². The van der Waals surface area contributed by atoms with Crippen molar-refractivity contribution in [3.05, 3.63) is 0 Å². The topological polar surface area (TPSA) is 76.8 Å². The third-order valence-corrected chi connectivity index (χ3v) is 1.43. The molecule has 0 bridgehead atoms. The van der Waals surface area contributed by atoms with Crippen molar-refractivity contribution in [2.24, 2.45) is 21.7 Å². The Morgan fingerprint density at radius 1 is 1.60 bits per heavy atom. The molecule has 0 fully saturated rings. The number of hydrogen-bond acceptors (Lipinski definition) is 3. The van der Waals surface area contributed by atoms with Crippen molar-refractivity contribution < 1.29 is 0 Å². The first-order valence-corrected chi connectivity index (χ1v) is 3.76. The quantitative estimate of drug-likeness (QED) is 0.265. The summed E-state index contributed by atoms with van der Waals surface area (Å²) in [4.78, 5) is 3.72. The third-order valence-electron chi connectivity index (χ3n) is 0.608. The Morgan fingerprint density at radius 2 is 2.20 bits per heavy atom. The van der Waals surface area contributed by atoms with Crippen LogP contribution in [0.4, 0.5) is 0 Å². The van der Waals surface area contributed by atoms with Gasteiger partial charge in [-0.2, -0.15) is 5.10 Å². The second-order valence-corrected chi connectivity index (χ2v) is 3.50. The van der Waals surface area contributed by atoms with Crippen LogP contribution in [0.3, 0.4) is 0 Å². The number of amidine groups is 1. The first-order chi connectivity index (χ1) is 4.66. The van der Waals surface area contributed by atoms with Gasteiger partial charge in [0, 0.05) is 5.25 Å². The maximum Gasteiger partial charge on any atom is 0.160 e. The summed E-state index contributed by atoms with van der Waals surface area (Å²) in [5.41, 5.74) is 5.43. The minimum absolute atomic E-state index is 0.440. The molecule has 10 heavy (non-hydrogen) atoms. The molecule has 0 atom stereocenters. The number of nitrogens with zero attached hydrogens (tertiary/aromatic N) is 2.